The number of Topliss-reactive ketones (excluding diaryl/α,β-unsaturated/α-hetero) is 1. The first-order valence-corrected chi connectivity index (χ1v) is 11.5. The number of hydrogen-bond acceptors (Lipinski definition) is 6. The van der Waals surface area contributed by atoms with E-state index in [0.29, 0.717) is 45.6 Å². The number of methoxy groups -OCH3 is 1. The van der Waals surface area contributed by atoms with Crippen LogP contribution in [0.2, 0.25) is 0 Å². The van der Waals surface area contributed by atoms with Gasteiger partial charge in [-0.25, -0.2) is 9.18 Å². The molecule has 0 bridgehead atoms. The van der Waals surface area contributed by atoms with Crippen LogP contribution in [0.25, 0.3) is 11.4 Å². The molecule has 2 heterocycles. The molecular weight excluding hydrogens is 455 g/mol. The van der Waals surface area contributed by atoms with Gasteiger partial charge in [-0.15, -0.1) is 10.2 Å². The summed E-state index contributed by atoms with van der Waals surface area (Å²) in [5.41, 5.74) is 3.17. The number of nitrogens with zero attached hydrogens (tertiary/aromatic N) is 3. The highest BCUT2D eigenvalue weighted by atomic mass is 32.2. The van der Waals surface area contributed by atoms with Gasteiger partial charge in [0.1, 0.15) is 5.82 Å². The summed E-state index contributed by atoms with van der Waals surface area (Å²) in [5, 5.41) is 8.98. The van der Waals surface area contributed by atoms with Crippen molar-refractivity contribution in [2.24, 2.45) is 0 Å². The number of carbonyl (C=O) groups excluding carboxylic acids is 2. The van der Waals surface area contributed by atoms with E-state index in [1.807, 2.05) is 30.3 Å². The number of hydrogen-bond donors (Lipinski definition) is 1. The molecule has 0 saturated carbocycles. The fraction of sp³-hybridized carbons (Fsp3) is 0.200. The number of halogens is 1. The van der Waals surface area contributed by atoms with Gasteiger partial charge in [0, 0.05) is 5.69 Å². The van der Waals surface area contributed by atoms with Gasteiger partial charge < -0.3 is 9.72 Å². The molecule has 4 rings (SSSR count). The molecule has 0 aliphatic heterocycles. The normalized spacial score (nSPS) is 10.9. The minimum absolute atomic E-state index is 0.0611. The summed E-state index contributed by atoms with van der Waals surface area (Å²) >= 11 is 1.21. The lowest BCUT2D eigenvalue weighted by Crippen LogP contribution is -2.09. The predicted molar refractivity (Wildman–Crippen MR) is 128 cm³/mol. The van der Waals surface area contributed by atoms with Crippen LogP contribution in [0.1, 0.15) is 37.7 Å². The lowest BCUT2D eigenvalue weighted by Gasteiger charge is -2.11. The monoisotopic (exact) mass is 478 g/mol. The lowest BCUT2D eigenvalue weighted by molar-refractivity contribution is 0.0599. The topological polar surface area (TPSA) is 89.9 Å². The van der Waals surface area contributed by atoms with Crippen LogP contribution in [0, 0.1) is 19.7 Å². The number of rotatable bonds is 8. The molecule has 9 heteroatoms. The van der Waals surface area contributed by atoms with Gasteiger partial charge >= 0.3 is 5.97 Å². The number of thioether (sulfide) groups is 1. The van der Waals surface area contributed by atoms with Crippen molar-refractivity contribution < 1.29 is 18.7 Å². The summed E-state index contributed by atoms with van der Waals surface area (Å²) in [4.78, 5) is 28.0. The Bertz CT molecular complexity index is 1350. The first-order chi connectivity index (χ1) is 16.4. The van der Waals surface area contributed by atoms with E-state index in [1.54, 1.807) is 36.6 Å². The average molecular weight is 479 g/mol. The number of esters is 1. The number of aromatic amines is 1. The van der Waals surface area contributed by atoms with Crippen LogP contribution in [0.5, 0.6) is 0 Å². The van der Waals surface area contributed by atoms with Gasteiger partial charge in [0.15, 0.2) is 16.8 Å². The summed E-state index contributed by atoms with van der Waals surface area (Å²) in [6, 6.07) is 16.1. The molecule has 4 aromatic rings. The van der Waals surface area contributed by atoms with Gasteiger partial charge in [-0.3, -0.25) is 9.36 Å². The summed E-state index contributed by atoms with van der Waals surface area (Å²) in [6.07, 6.45) is 0. The minimum Gasteiger partial charge on any atom is -0.465 e. The maximum Gasteiger partial charge on any atom is 0.339 e. The first-order valence-electron chi connectivity index (χ1n) is 10.6. The quantitative estimate of drug-likeness (QED) is 0.221. The molecule has 2 aromatic heterocycles. The Morgan fingerprint density at radius 2 is 1.76 bits per heavy atom. The summed E-state index contributed by atoms with van der Waals surface area (Å²) in [7, 11) is 1.30. The molecule has 0 spiro atoms. The van der Waals surface area contributed by atoms with Crippen LogP contribution >= 0.6 is 11.8 Å². The highest BCUT2D eigenvalue weighted by molar-refractivity contribution is 7.99. The molecule has 174 valence electrons. The van der Waals surface area contributed by atoms with Crippen LogP contribution < -0.4 is 0 Å². The minimum atomic E-state index is -0.491. The van der Waals surface area contributed by atoms with Crippen molar-refractivity contribution in [3.63, 3.8) is 0 Å². The SMILES string of the molecule is COC(=O)c1c(C)[nH]c(C(=O)CSc2nnc(-c3ccccc3F)n2Cc2ccccc2)c1C. The van der Waals surface area contributed by atoms with Crippen molar-refractivity contribution in [3.8, 4) is 11.4 Å². The molecule has 0 aliphatic carbocycles. The number of carbonyl (C=O) groups is 2. The Morgan fingerprint density at radius 1 is 1.06 bits per heavy atom. The molecular formula is C25H23FN4O3S. The van der Waals surface area contributed by atoms with E-state index >= 15 is 0 Å². The Morgan fingerprint density at radius 3 is 2.47 bits per heavy atom. The predicted octanol–water partition coefficient (Wildman–Crippen LogP) is 4.84. The van der Waals surface area contributed by atoms with E-state index in [2.05, 4.69) is 15.2 Å². The Labute approximate surface area is 200 Å². The molecule has 34 heavy (non-hydrogen) atoms. The molecule has 0 saturated heterocycles. The fourth-order valence-electron chi connectivity index (χ4n) is 3.79. The van der Waals surface area contributed by atoms with E-state index < -0.39 is 11.8 Å². The number of nitrogens with one attached hydrogen (secondary N) is 1. The second-order valence-electron chi connectivity index (χ2n) is 7.69. The zero-order valence-corrected chi connectivity index (χ0v) is 19.8. The van der Waals surface area contributed by atoms with Gasteiger partial charge in [-0.2, -0.15) is 0 Å². The van der Waals surface area contributed by atoms with Crippen LogP contribution in [0.3, 0.4) is 0 Å². The van der Waals surface area contributed by atoms with Crippen LogP contribution in [0.15, 0.2) is 59.8 Å². The zero-order valence-electron chi connectivity index (χ0n) is 19.0. The van der Waals surface area contributed by atoms with Crippen LogP contribution in [-0.2, 0) is 11.3 Å². The van der Waals surface area contributed by atoms with Crippen molar-refractivity contribution in [2.75, 3.05) is 12.9 Å². The summed E-state index contributed by atoms with van der Waals surface area (Å²) in [5.74, 6) is -0.634. The van der Waals surface area contributed by atoms with E-state index in [1.165, 1.54) is 24.9 Å². The number of benzene rings is 2. The van der Waals surface area contributed by atoms with Gasteiger partial charge in [-0.1, -0.05) is 54.2 Å². The first kappa shape index (κ1) is 23.4. The standard InChI is InChI=1S/C25H23FN4O3S/c1-15-21(24(32)33-3)16(2)27-22(15)20(31)14-34-25-29-28-23(18-11-7-8-12-19(18)26)30(25)13-17-9-5-4-6-10-17/h4-12,27H,13-14H2,1-3H3. The molecule has 0 fully saturated rings. The average Bonchev–Trinajstić information content (AvgIpc) is 3.37. The fourth-order valence-corrected chi connectivity index (χ4v) is 4.60. The second-order valence-corrected chi connectivity index (χ2v) is 8.63. The number of ketones is 1. The van der Waals surface area contributed by atoms with Crippen molar-refractivity contribution in [1.29, 1.82) is 0 Å². The van der Waals surface area contributed by atoms with E-state index in [-0.39, 0.29) is 11.5 Å². The van der Waals surface area contributed by atoms with Gasteiger partial charge in [0.2, 0.25) is 0 Å². The third kappa shape index (κ3) is 4.65. The highest BCUT2D eigenvalue weighted by Crippen LogP contribution is 2.28. The van der Waals surface area contributed by atoms with Gasteiger partial charge in [-0.05, 0) is 37.1 Å². The number of H-pyrrole nitrogens is 1. The third-order valence-corrected chi connectivity index (χ3v) is 6.42. The zero-order chi connectivity index (χ0) is 24.2. The van der Waals surface area contributed by atoms with Crippen LogP contribution in [0.4, 0.5) is 4.39 Å². The number of aromatic nitrogens is 4. The van der Waals surface area contributed by atoms with Crippen molar-refractivity contribution in [1.82, 2.24) is 19.7 Å². The maximum absolute atomic E-state index is 14.5. The van der Waals surface area contributed by atoms with Crippen molar-refractivity contribution in [3.05, 3.63) is 88.5 Å². The summed E-state index contributed by atoms with van der Waals surface area (Å²) < 4.78 is 21.2. The van der Waals surface area contributed by atoms with Crippen molar-refractivity contribution in [2.45, 2.75) is 25.5 Å². The molecule has 2 aromatic carbocycles. The Balaban J connectivity index is 1.63. The van der Waals surface area contributed by atoms with E-state index in [4.69, 9.17) is 4.74 Å². The number of aryl methyl sites for hydroxylation is 1. The molecule has 0 aliphatic rings. The van der Waals surface area contributed by atoms with Gasteiger partial charge in [0.05, 0.1) is 36.2 Å². The molecule has 1 N–H and O–H groups in total. The second kappa shape index (κ2) is 10.0. The molecule has 0 unspecified atom stereocenters. The highest BCUT2D eigenvalue weighted by Gasteiger charge is 2.24. The maximum atomic E-state index is 14.5. The molecule has 0 radical (unpaired) electrons. The largest absolute Gasteiger partial charge is 0.465 e. The van der Waals surface area contributed by atoms with Gasteiger partial charge in [0.25, 0.3) is 0 Å². The third-order valence-electron chi connectivity index (χ3n) is 5.45. The Hall–Kier alpha value is -3.72. The summed E-state index contributed by atoms with van der Waals surface area (Å²) in [6.45, 7) is 3.85. The molecule has 7 nitrogen and oxygen atoms in total. The van der Waals surface area contributed by atoms with E-state index in [0.717, 1.165) is 5.56 Å². The van der Waals surface area contributed by atoms with Crippen molar-refractivity contribution >= 4 is 23.5 Å². The smallest absolute Gasteiger partial charge is 0.339 e. The van der Waals surface area contributed by atoms with Crippen LogP contribution in [-0.4, -0.2) is 44.4 Å². The lowest BCUT2D eigenvalue weighted by atomic mass is 10.1. The van der Waals surface area contributed by atoms with E-state index in [9.17, 15) is 14.0 Å². The molecule has 0 atom stereocenters. The molecule has 0 amide bonds. The number of ether oxygens (including phenoxy) is 1. The Kier molecular flexibility index (Phi) is 6.93.